The predicted octanol–water partition coefficient (Wildman–Crippen LogP) is 2.30. The first-order valence-corrected chi connectivity index (χ1v) is 4.27. The first-order valence-electron chi connectivity index (χ1n) is 2.87. The summed E-state index contributed by atoms with van der Waals surface area (Å²) in [5.41, 5.74) is 0.639. The van der Waals surface area contributed by atoms with E-state index in [0.29, 0.717) is 5.71 Å². The third-order valence-corrected chi connectivity index (χ3v) is 2.97. The monoisotopic (exact) mass is 159 g/mol. The maximum atomic E-state index is 7.31. The van der Waals surface area contributed by atoms with E-state index in [1.807, 2.05) is 6.08 Å². The second-order valence-electron chi connectivity index (χ2n) is 1.89. The van der Waals surface area contributed by atoms with Crippen LogP contribution in [-0.4, -0.2) is 10.3 Å². The van der Waals surface area contributed by atoms with Gasteiger partial charge in [0.2, 0.25) is 0 Å². The van der Waals surface area contributed by atoms with Crippen molar-refractivity contribution in [3.63, 3.8) is 0 Å². The van der Waals surface area contributed by atoms with E-state index in [-0.39, 0.29) is 4.58 Å². The normalized spacial score (nSPS) is 26.7. The first-order chi connectivity index (χ1) is 4.24. The number of allylic oxidation sites excluding steroid dienone is 2. The molecule has 1 unspecified atom stereocenters. The van der Waals surface area contributed by atoms with Gasteiger partial charge in [-0.15, -0.1) is 11.8 Å². The molecular weight excluding hydrogens is 150 g/mol. The van der Waals surface area contributed by atoms with Gasteiger partial charge in [0.1, 0.15) is 0 Å². The lowest BCUT2D eigenvalue weighted by Crippen LogP contribution is -1.98. The minimum atomic E-state index is 0.0972. The van der Waals surface area contributed by atoms with Gasteiger partial charge in [-0.25, -0.2) is 0 Å². The first kappa shape index (κ1) is 7.22. The summed E-state index contributed by atoms with van der Waals surface area (Å²) in [5, 5.41) is 7.31. The Balaban J connectivity index is 2.62. The van der Waals surface area contributed by atoms with Gasteiger partial charge in [-0.3, -0.25) is 0 Å². The number of hydrogen-bond donors (Lipinski definition) is 2. The molecule has 0 fully saturated rings. The van der Waals surface area contributed by atoms with Crippen LogP contribution in [0.25, 0.3) is 0 Å². The molecule has 0 aromatic heterocycles. The van der Waals surface area contributed by atoms with Gasteiger partial charge in [0.05, 0.1) is 10.3 Å². The Bertz CT molecular complexity index is 162. The summed E-state index contributed by atoms with van der Waals surface area (Å²) in [7, 11) is 0. The average Bonchev–Trinajstić information content (AvgIpc) is 2.13. The summed E-state index contributed by atoms with van der Waals surface area (Å²) in [6, 6.07) is 0. The maximum Gasteiger partial charge on any atom is 0.0930 e. The van der Waals surface area contributed by atoms with E-state index in [2.05, 4.69) is 19.6 Å². The smallest absolute Gasteiger partial charge is 0.0930 e. The summed E-state index contributed by atoms with van der Waals surface area (Å²) in [6.07, 6.45) is 2.94. The molecule has 0 aromatic carbocycles. The molecule has 0 aromatic rings. The molecule has 1 nitrogen and oxygen atoms in total. The van der Waals surface area contributed by atoms with E-state index < -0.39 is 0 Å². The zero-order valence-corrected chi connectivity index (χ0v) is 6.93. The van der Waals surface area contributed by atoms with Crippen molar-refractivity contribution >= 4 is 30.1 Å². The van der Waals surface area contributed by atoms with Crippen LogP contribution in [-0.2, 0) is 0 Å². The highest BCUT2D eigenvalue weighted by Crippen LogP contribution is 2.33. The molecule has 0 aliphatic carbocycles. The van der Waals surface area contributed by atoms with Gasteiger partial charge in [-0.2, -0.15) is 12.6 Å². The van der Waals surface area contributed by atoms with Gasteiger partial charge in [-0.1, -0.05) is 6.92 Å². The van der Waals surface area contributed by atoms with Crippen LogP contribution in [0, 0.1) is 5.41 Å². The molecule has 9 heavy (non-hydrogen) atoms. The van der Waals surface area contributed by atoms with Crippen LogP contribution in [0.15, 0.2) is 11.0 Å². The molecule has 1 aliphatic heterocycles. The molecule has 3 heteroatoms. The molecule has 0 saturated carbocycles. The Morgan fingerprint density at radius 3 is 2.78 bits per heavy atom. The Morgan fingerprint density at radius 2 is 2.56 bits per heavy atom. The maximum absolute atomic E-state index is 7.31. The fourth-order valence-corrected chi connectivity index (χ4v) is 2.00. The van der Waals surface area contributed by atoms with Crippen LogP contribution < -0.4 is 0 Å². The average molecular weight is 159 g/mol. The summed E-state index contributed by atoms with van der Waals surface area (Å²) in [6.45, 7) is 2.10. The second-order valence-corrected chi connectivity index (χ2v) is 3.99. The van der Waals surface area contributed by atoms with Crippen molar-refractivity contribution in [2.75, 3.05) is 0 Å². The number of thiol groups is 1. The van der Waals surface area contributed by atoms with Crippen molar-refractivity contribution < 1.29 is 0 Å². The van der Waals surface area contributed by atoms with Gasteiger partial charge in [-0.05, 0) is 17.4 Å². The quantitative estimate of drug-likeness (QED) is 0.564. The van der Waals surface area contributed by atoms with Crippen molar-refractivity contribution in [2.24, 2.45) is 0 Å². The van der Waals surface area contributed by atoms with Crippen LogP contribution in [0.4, 0.5) is 0 Å². The standard InChI is InChI=1S/C6H9NS2/c1-2-4-3-5(7)6(8)9-4/h3,6-8H,2H2,1H3. The molecular formula is C6H9NS2. The molecule has 0 bridgehead atoms. The molecule has 0 radical (unpaired) electrons. The van der Waals surface area contributed by atoms with Crippen molar-refractivity contribution in [3.8, 4) is 0 Å². The molecule has 1 rings (SSSR count). The Morgan fingerprint density at radius 1 is 1.89 bits per heavy atom. The molecule has 0 amide bonds. The van der Waals surface area contributed by atoms with E-state index in [0.717, 1.165) is 6.42 Å². The SMILES string of the molecule is CCC1=CC(=N)C(S)S1. The number of hydrogen-bond acceptors (Lipinski definition) is 3. The molecule has 1 aliphatic rings. The van der Waals surface area contributed by atoms with E-state index in [4.69, 9.17) is 5.41 Å². The van der Waals surface area contributed by atoms with Crippen molar-refractivity contribution in [1.82, 2.24) is 0 Å². The third kappa shape index (κ3) is 1.52. The molecule has 1 heterocycles. The van der Waals surface area contributed by atoms with E-state index >= 15 is 0 Å². The largest absolute Gasteiger partial charge is 0.303 e. The highest BCUT2D eigenvalue weighted by atomic mass is 32.2. The van der Waals surface area contributed by atoms with Crippen molar-refractivity contribution in [2.45, 2.75) is 17.9 Å². The summed E-state index contributed by atoms with van der Waals surface area (Å²) < 4.78 is 0.0972. The highest BCUT2D eigenvalue weighted by molar-refractivity contribution is 8.14. The lowest BCUT2D eigenvalue weighted by Gasteiger charge is -1.97. The fourth-order valence-electron chi connectivity index (χ4n) is 0.671. The second kappa shape index (κ2) is 2.80. The number of nitrogens with one attached hydrogen (secondary N) is 1. The lowest BCUT2D eigenvalue weighted by molar-refractivity contribution is 1.21. The molecule has 50 valence electrons. The van der Waals surface area contributed by atoms with Gasteiger partial charge in [0.25, 0.3) is 0 Å². The van der Waals surface area contributed by atoms with Crippen LogP contribution in [0.5, 0.6) is 0 Å². The number of rotatable bonds is 1. The molecule has 1 atom stereocenters. The van der Waals surface area contributed by atoms with Gasteiger partial charge < -0.3 is 5.41 Å². The van der Waals surface area contributed by atoms with Gasteiger partial charge in [0, 0.05) is 0 Å². The van der Waals surface area contributed by atoms with Crippen LogP contribution >= 0.6 is 24.4 Å². The van der Waals surface area contributed by atoms with Crippen molar-refractivity contribution in [1.29, 1.82) is 5.41 Å². The lowest BCUT2D eigenvalue weighted by atomic mass is 10.3. The Labute approximate surface area is 64.8 Å². The van der Waals surface area contributed by atoms with Gasteiger partial charge in [0.15, 0.2) is 0 Å². The zero-order chi connectivity index (χ0) is 6.85. The Hall–Kier alpha value is 0.110. The fraction of sp³-hybridized carbons (Fsp3) is 0.500. The summed E-state index contributed by atoms with van der Waals surface area (Å²) >= 11 is 5.86. The van der Waals surface area contributed by atoms with Crippen LogP contribution in [0.3, 0.4) is 0 Å². The van der Waals surface area contributed by atoms with E-state index in [9.17, 15) is 0 Å². The van der Waals surface area contributed by atoms with E-state index in [1.165, 1.54) is 4.91 Å². The minimum absolute atomic E-state index is 0.0972. The molecule has 1 N–H and O–H groups in total. The Kier molecular flexibility index (Phi) is 2.24. The van der Waals surface area contributed by atoms with Gasteiger partial charge >= 0.3 is 0 Å². The zero-order valence-electron chi connectivity index (χ0n) is 5.22. The van der Waals surface area contributed by atoms with Crippen LogP contribution in [0.2, 0.25) is 0 Å². The minimum Gasteiger partial charge on any atom is -0.303 e. The predicted molar refractivity (Wildman–Crippen MR) is 46.5 cm³/mol. The summed E-state index contributed by atoms with van der Waals surface area (Å²) in [4.78, 5) is 1.28. The topological polar surface area (TPSA) is 23.9 Å². The third-order valence-electron chi connectivity index (χ3n) is 1.19. The highest BCUT2D eigenvalue weighted by Gasteiger charge is 2.17. The van der Waals surface area contributed by atoms with E-state index in [1.54, 1.807) is 11.8 Å². The van der Waals surface area contributed by atoms with Crippen molar-refractivity contribution in [3.05, 3.63) is 11.0 Å². The molecule has 0 spiro atoms. The summed E-state index contributed by atoms with van der Waals surface area (Å²) in [5.74, 6) is 0. The molecule has 0 saturated heterocycles. The number of thioether (sulfide) groups is 1. The van der Waals surface area contributed by atoms with Crippen LogP contribution in [0.1, 0.15) is 13.3 Å².